The lowest BCUT2D eigenvalue weighted by Gasteiger charge is -2.39. The summed E-state index contributed by atoms with van der Waals surface area (Å²) in [6.45, 7) is 4.88. The number of carbonyl (C=O) groups excluding carboxylic acids is 1. The predicted molar refractivity (Wildman–Crippen MR) is 59.4 cm³/mol. The molecule has 15 heavy (non-hydrogen) atoms. The van der Waals surface area contributed by atoms with Crippen molar-refractivity contribution in [2.45, 2.75) is 38.7 Å². The molecule has 0 radical (unpaired) electrons. The molecule has 3 N–H and O–H groups in total. The van der Waals surface area contributed by atoms with Crippen molar-refractivity contribution in [3.8, 4) is 0 Å². The first-order valence-electron chi connectivity index (χ1n) is 5.49. The second-order valence-corrected chi connectivity index (χ2v) is 4.98. The Morgan fingerprint density at radius 3 is 2.47 bits per heavy atom. The van der Waals surface area contributed by atoms with E-state index in [0.29, 0.717) is 13.1 Å². The third-order valence-electron chi connectivity index (χ3n) is 3.41. The molecule has 1 aliphatic rings. The van der Waals surface area contributed by atoms with E-state index in [9.17, 15) is 4.79 Å². The summed E-state index contributed by atoms with van der Waals surface area (Å²) in [4.78, 5) is 11.9. The van der Waals surface area contributed by atoms with Gasteiger partial charge in [-0.2, -0.15) is 0 Å². The maximum absolute atomic E-state index is 11.9. The summed E-state index contributed by atoms with van der Waals surface area (Å²) in [5, 5.41) is 2.92. The van der Waals surface area contributed by atoms with Crippen LogP contribution in [0.25, 0.3) is 0 Å². The summed E-state index contributed by atoms with van der Waals surface area (Å²) in [7, 11) is 1.65. The lowest BCUT2D eigenvalue weighted by molar-refractivity contribution is -0.136. The van der Waals surface area contributed by atoms with E-state index in [2.05, 4.69) is 5.32 Å². The van der Waals surface area contributed by atoms with Crippen LogP contribution in [0.15, 0.2) is 0 Å². The molecule has 4 heteroatoms. The average Bonchev–Trinajstić information content (AvgIpc) is 2.14. The van der Waals surface area contributed by atoms with Gasteiger partial charge in [0.05, 0.1) is 11.0 Å². The number of nitrogens with two attached hydrogens (primary N) is 1. The SMILES string of the molecule is COC(C)(C)CNC(=O)C1(CN)CCC1. The van der Waals surface area contributed by atoms with Crippen molar-refractivity contribution in [1.29, 1.82) is 0 Å². The molecule has 0 unspecified atom stereocenters. The largest absolute Gasteiger partial charge is 0.377 e. The van der Waals surface area contributed by atoms with Gasteiger partial charge in [0.25, 0.3) is 0 Å². The van der Waals surface area contributed by atoms with Crippen LogP contribution in [0.1, 0.15) is 33.1 Å². The van der Waals surface area contributed by atoms with Crippen molar-refractivity contribution in [2.24, 2.45) is 11.1 Å². The predicted octanol–water partition coefficient (Wildman–Crippen LogP) is 0.657. The van der Waals surface area contributed by atoms with Gasteiger partial charge in [0.1, 0.15) is 0 Å². The smallest absolute Gasteiger partial charge is 0.227 e. The Hall–Kier alpha value is -0.610. The number of carbonyl (C=O) groups is 1. The van der Waals surface area contributed by atoms with Gasteiger partial charge in [0.2, 0.25) is 5.91 Å². The standard InChI is InChI=1S/C11H22N2O2/c1-10(2,15-3)8-13-9(14)11(7-12)5-4-6-11/h4-8,12H2,1-3H3,(H,13,14). The Morgan fingerprint density at radius 1 is 1.53 bits per heavy atom. The second kappa shape index (κ2) is 4.49. The lowest BCUT2D eigenvalue weighted by atomic mass is 9.68. The molecule has 0 aromatic rings. The van der Waals surface area contributed by atoms with Gasteiger partial charge < -0.3 is 15.8 Å². The maximum atomic E-state index is 11.9. The molecule has 1 saturated carbocycles. The average molecular weight is 214 g/mol. The molecule has 0 atom stereocenters. The van der Waals surface area contributed by atoms with Crippen molar-refractivity contribution in [3.05, 3.63) is 0 Å². The Balaban J connectivity index is 2.42. The fraction of sp³-hybridized carbons (Fsp3) is 0.909. The molecule has 1 rings (SSSR count). The van der Waals surface area contributed by atoms with E-state index in [4.69, 9.17) is 10.5 Å². The minimum Gasteiger partial charge on any atom is -0.377 e. The number of hydrogen-bond acceptors (Lipinski definition) is 3. The zero-order valence-electron chi connectivity index (χ0n) is 9.93. The van der Waals surface area contributed by atoms with E-state index >= 15 is 0 Å². The van der Waals surface area contributed by atoms with Gasteiger partial charge >= 0.3 is 0 Å². The van der Waals surface area contributed by atoms with E-state index in [1.807, 2.05) is 13.8 Å². The highest BCUT2D eigenvalue weighted by Gasteiger charge is 2.42. The Morgan fingerprint density at radius 2 is 2.13 bits per heavy atom. The minimum atomic E-state index is -0.310. The van der Waals surface area contributed by atoms with Gasteiger partial charge in [0.15, 0.2) is 0 Å². The molecule has 1 fully saturated rings. The molecule has 0 aromatic carbocycles. The molecule has 0 saturated heterocycles. The second-order valence-electron chi connectivity index (χ2n) is 4.98. The van der Waals surface area contributed by atoms with Crippen molar-refractivity contribution in [3.63, 3.8) is 0 Å². The van der Waals surface area contributed by atoms with Gasteiger partial charge in [-0.1, -0.05) is 6.42 Å². The van der Waals surface area contributed by atoms with E-state index in [1.54, 1.807) is 7.11 Å². The Labute approximate surface area is 91.5 Å². The van der Waals surface area contributed by atoms with Gasteiger partial charge in [-0.25, -0.2) is 0 Å². The van der Waals surface area contributed by atoms with E-state index in [1.165, 1.54) is 0 Å². The topological polar surface area (TPSA) is 64.3 Å². The zero-order valence-corrected chi connectivity index (χ0v) is 9.93. The van der Waals surface area contributed by atoms with Crippen LogP contribution in [0.2, 0.25) is 0 Å². The maximum Gasteiger partial charge on any atom is 0.227 e. The van der Waals surface area contributed by atoms with Crippen molar-refractivity contribution < 1.29 is 9.53 Å². The number of amides is 1. The van der Waals surface area contributed by atoms with Crippen molar-refractivity contribution >= 4 is 5.91 Å². The van der Waals surface area contributed by atoms with Crippen LogP contribution in [0, 0.1) is 5.41 Å². The molecular weight excluding hydrogens is 192 g/mol. The molecule has 0 spiro atoms. The Kier molecular flexibility index (Phi) is 3.73. The summed E-state index contributed by atoms with van der Waals surface area (Å²) in [5.41, 5.74) is 5.05. The number of ether oxygens (including phenoxy) is 1. The van der Waals surface area contributed by atoms with Crippen LogP contribution in [-0.4, -0.2) is 31.7 Å². The quantitative estimate of drug-likeness (QED) is 0.706. The molecule has 0 bridgehead atoms. The monoisotopic (exact) mass is 214 g/mol. The molecule has 1 aliphatic carbocycles. The Bertz CT molecular complexity index is 229. The summed E-state index contributed by atoms with van der Waals surface area (Å²) >= 11 is 0. The van der Waals surface area contributed by atoms with Crippen LogP contribution in [-0.2, 0) is 9.53 Å². The van der Waals surface area contributed by atoms with Crippen LogP contribution in [0.5, 0.6) is 0 Å². The summed E-state index contributed by atoms with van der Waals surface area (Å²) < 4.78 is 5.24. The highest BCUT2D eigenvalue weighted by molar-refractivity contribution is 5.83. The van der Waals surface area contributed by atoms with E-state index in [-0.39, 0.29) is 16.9 Å². The third-order valence-corrected chi connectivity index (χ3v) is 3.41. The highest BCUT2D eigenvalue weighted by atomic mass is 16.5. The van der Waals surface area contributed by atoms with Gasteiger partial charge in [-0.05, 0) is 26.7 Å². The van der Waals surface area contributed by atoms with Crippen LogP contribution >= 0.6 is 0 Å². The van der Waals surface area contributed by atoms with Gasteiger partial charge in [0, 0.05) is 20.2 Å². The summed E-state index contributed by atoms with van der Waals surface area (Å²) in [5.74, 6) is 0.0846. The van der Waals surface area contributed by atoms with Crippen LogP contribution in [0.4, 0.5) is 0 Å². The highest BCUT2D eigenvalue weighted by Crippen LogP contribution is 2.39. The van der Waals surface area contributed by atoms with E-state index in [0.717, 1.165) is 19.3 Å². The first-order valence-corrected chi connectivity index (χ1v) is 5.49. The number of methoxy groups -OCH3 is 1. The van der Waals surface area contributed by atoms with Crippen molar-refractivity contribution in [1.82, 2.24) is 5.32 Å². The van der Waals surface area contributed by atoms with Gasteiger partial charge in [-0.3, -0.25) is 4.79 Å². The first kappa shape index (κ1) is 12.5. The normalized spacial score (nSPS) is 19.5. The molecule has 4 nitrogen and oxygen atoms in total. The van der Waals surface area contributed by atoms with E-state index < -0.39 is 0 Å². The number of nitrogens with one attached hydrogen (secondary N) is 1. The number of rotatable bonds is 5. The zero-order chi connectivity index (χ0) is 11.5. The first-order chi connectivity index (χ1) is 6.96. The minimum absolute atomic E-state index is 0.0846. The molecule has 88 valence electrons. The molecule has 0 aromatic heterocycles. The molecule has 1 amide bonds. The third kappa shape index (κ3) is 2.69. The lowest BCUT2D eigenvalue weighted by Crippen LogP contribution is -2.53. The van der Waals surface area contributed by atoms with Crippen LogP contribution in [0.3, 0.4) is 0 Å². The van der Waals surface area contributed by atoms with Gasteiger partial charge in [-0.15, -0.1) is 0 Å². The molecular formula is C11H22N2O2. The van der Waals surface area contributed by atoms with Crippen LogP contribution < -0.4 is 11.1 Å². The summed E-state index contributed by atoms with van der Waals surface area (Å²) in [6.07, 6.45) is 2.95. The molecule has 0 aliphatic heterocycles. The fourth-order valence-electron chi connectivity index (χ4n) is 1.68. The fourth-order valence-corrected chi connectivity index (χ4v) is 1.68. The molecule has 0 heterocycles. The summed E-state index contributed by atoms with van der Waals surface area (Å²) in [6, 6.07) is 0. The van der Waals surface area contributed by atoms with Crippen molar-refractivity contribution in [2.75, 3.05) is 20.2 Å². The number of hydrogen-bond donors (Lipinski definition) is 2.